The van der Waals surface area contributed by atoms with Gasteiger partial charge in [-0.05, 0) is 57.4 Å². The van der Waals surface area contributed by atoms with Gasteiger partial charge in [0.15, 0.2) is 0 Å². The number of halogens is 2. The molecule has 2 rings (SSSR count). The zero-order valence-corrected chi connectivity index (χ0v) is 12.6. The Morgan fingerprint density at radius 3 is 2.55 bits per heavy atom. The third kappa shape index (κ3) is 3.71. The van der Waals surface area contributed by atoms with Gasteiger partial charge in [0.2, 0.25) is 0 Å². The lowest BCUT2D eigenvalue weighted by Gasteiger charge is -2.10. The van der Waals surface area contributed by atoms with Gasteiger partial charge in [0.1, 0.15) is 23.9 Å². The highest BCUT2D eigenvalue weighted by atomic mass is 79.9. The summed E-state index contributed by atoms with van der Waals surface area (Å²) in [5.41, 5.74) is 7.01. The van der Waals surface area contributed by atoms with Crippen LogP contribution in [-0.4, -0.2) is 7.11 Å². The van der Waals surface area contributed by atoms with Crippen LogP contribution in [0.5, 0.6) is 11.5 Å². The summed E-state index contributed by atoms with van der Waals surface area (Å²) >= 11 is 3.41. The Labute approximate surface area is 125 Å². The van der Waals surface area contributed by atoms with E-state index in [1.165, 1.54) is 12.1 Å². The van der Waals surface area contributed by atoms with E-state index in [1.807, 2.05) is 12.1 Å². The molecule has 0 spiro atoms. The summed E-state index contributed by atoms with van der Waals surface area (Å²) in [6.45, 7) is 0.576. The first kappa shape index (κ1) is 14.8. The fourth-order valence-electron chi connectivity index (χ4n) is 1.81. The first-order valence-corrected chi connectivity index (χ1v) is 6.86. The average Bonchev–Trinajstić information content (AvgIpc) is 2.45. The maximum atomic E-state index is 13.4. The highest BCUT2D eigenvalue weighted by Gasteiger charge is 2.05. The molecule has 0 atom stereocenters. The van der Waals surface area contributed by atoms with E-state index in [2.05, 4.69) is 15.9 Å². The van der Waals surface area contributed by atoms with Gasteiger partial charge in [-0.1, -0.05) is 6.07 Å². The molecule has 0 heterocycles. The van der Waals surface area contributed by atoms with Crippen LogP contribution in [0, 0.1) is 5.82 Å². The number of nitrogens with two attached hydrogens (primary N) is 1. The first-order chi connectivity index (χ1) is 9.62. The molecule has 0 amide bonds. The Bertz CT molecular complexity index is 604. The van der Waals surface area contributed by atoms with Crippen molar-refractivity contribution in [3.05, 3.63) is 57.8 Å². The van der Waals surface area contributed by atoms with Crippen molar-refractivity contribution in [1.82, 2.24) is 0 Å². The third-order valence-corrected chi connectivity index (χ3v) is 3.41. The van der Waals surface area contributed by atoms with E-state index < -0.39 is 0 Å². The lowest BCUT2D eigenvalue weighted by Crippen LogP contribution is -2.01. The van der Waals surface area contributed by atoms with Gasteiger partial charge in [-0.25, -0.2) is 4.39 Å². The van der Waals surface area contributed by atoms with Gasteiger partial charge in [0.05, 0.1) is 11.6 Å². The summed E-state index contributed by atoms with van der Waals surface area (Å²) in [6.07, 6.45) is 0. The van der Waals surface area contributed by atoms with Crippen molar-refractivity contribution >= 4 is 15.9 Å². The van der Waals surface area contributed by atoms with Crippen molar-refractivity contribution in [2.45, 2.75) is 13.2 Å². The topological polar surface area (TPSA) is 44.5 Å². The summed E-state index contributed by atoms with van der Waals surface area (Å²) in [7, 11) is 1.60. The number of methoxy groups -OCH3 is 1. The second-order valence-electron chi connectivity index (χ2n) is 4.26. The molecule has 2 aromatic carbocycles. The second-order valence-corrected chi connectivity index (χ2v) is 5.11. The van der Waals surface area contributed by atoms with Gasteiger partial charge in [-0.3, -0.25) is 0 Å². The molecule has 0 radical (unpaired) electrons. The van der Waals surface area contributed by atoms with Crippen molar-refractivity contribution in [2.24, 2.45) is 5.73 Å². The van der Waals surface area contributed by atoms with E-state index >= 15 is 0 Å². The van der Waals surface area contributed by atoms with E-state index in [0.29, 0.717) is 12.3 Å². The molecule has 0 unspecified atom stereocenters. The van der Waals surface area contributed by atoms with Crippen LogP contribution < -0.4 is 15.2 Å². The molecule has 0 aliphatic rings. The summed E-state index contributed by atoms with van der Waals surface area (Å²) in [6, 6.07) is 10.1. The third-order valence-electron chi connectivity index (χ3n) is 2.79. The Balaban J connectivity index is 2.10. The molecule has 2 N–H and O–H groups in total. The Hall–Kier alpha value is -1.59. The average molecular weight is 340 g/mol. The maximum absolute atomic E-state index is 13.4. The van der Waals surface area contributed by atoms with Crippen molar-refractivity contribution in [3.63, 3.8) is 0 Å². The fourth-order valence-corrected chi connectivity index (χ4v) is 2.28. The molecule has 0 aromatic heterocycles. The number of ether oxygens (including phenoxy) is 2. The van der Waals surface area contributed by atoms with E-state index in [1.54, 1.807) is 19.2 Å². The van der Waals surface area contributed by atoms with E-state index in [-0.39, 0.29) is 12.4 Å². The van der Waals surface area contributed by atoms with Crippen LogP contribution in [-0.2, 0) is 13.2 Å². The molecule has 0 bridgehead atoms. The monoisotopic (exact) mass is 339 g/mol. The molecular weight excluding hydrogens is 325 g/mol. The van der Waals surface area contributed by atoms with Crippen molar-refractivity contribution < 1.29 is 13.9 Å². The van der Waals surface area contributed by atoms with E-state index in [9.17, 15) is 4.39 Å². The quantitative estimate of drug-likeness (QED) is 0.904. The van der Waals surface area contributed by atoms with Crippen LogP contribution >= 0.6 is 15.9 Å². The molecule has 2 aromatic rings. The minimum absolute atomic E-state index is 0.274. The zero-order valence-electron chi connectivity index (χ0n) is 11.0. The molecule has 0 saturated carbocycles. The summed E-state index contributed by atoms with van der Waals surface area (Å²) in [5.74, 6) is 1.10. The van der Waals surface area contributed by atoms with Gasteiger partial charge < -0.3 is 15.2 Å². The van der Waals surface area contributed by atoms with E-state index in [0.717, 1.165) is 21.3 Å². The van der Waals surface area contributed by atoms with Crippen LogP contribution in [0.2, 0.25) is 0 Å². The zero-order chi connectivity index (χ0) is 14.5. The second kappa shape index (κ2) is 6.72. The molecule has 106 valence electrons. The molecule has 5 heteroatoms. The van der Waals surface area contributed by atoms with Crippen LogP contribution in [0.15, 0.2) is 40.9 Å². The molecule has 3 nitrogen and oxygen atoms in total. The van der Waals surface area contributed by atoms with Crippen molar-refractivity contribution in [1.29, 1.82) is 0 Å². The molecule has 0 aliphatic heterocycles. The molecule has 0 fully saturated rings. The number of hydrogen-bond donors (Lipinski definition) is 1. The lowest BCUT2D eigenvalue weighted by molar-refractivity contribution is 0.302. The van der Waals surface area contributed by atoms with Crippen LogP contribution in [0.1, 0.15) is 11.1 Å². The van der Waals surface area contributed by atoms with Gasteiger partial charge in [0.25, 0.3) is 0 Å². The SMILES string of the molecule is COc1ccc(OCc2cc(F)cc(CN)c2)c(Br)c1. The number of rotatable bonds is 5. The van der Waals surface area contributed by atoms with Crippen molar-refractivity contribution in [2.75, 3.05) is 7.11 Å². The van der Waals surface area contributed by atoms with Crippen LogP contribution in [0.25, 0.3) is 0 Å². The predicted octanol–water partition coefficient (Wildman–Crippen LogP) is 3.63. The largest absolute Gasteiger partial charge is 0.497 e. The molecule has 0 saturated heterocycles. The highest BCUT2D eigenvalue weighted by Crippen LogP contribution is 2.29. The predicted molar refractivity (Wildman–Crippen MR) is 79.3 cm³/mol. The normalized spacial score (nSPS) is 10.4. The smallest absolute Gasteiger partial charge is 0.134 e. The van der Waals surface area contributed by atoms with Crippen LogP contribution in [0.3, 0.4) is 0 Å². The Kier molecular flexibility index (Phi) is 4.98. The summed E-state index contributed by atoms with van der Waals surface area (Å²) in [4.78, 5) is 0. The number of benzene rings is 2. The Morgan fingerprint density at radius 2 is 1.90 bits per heavy atom. The van der Waals surface area contributed by atoms with Crippen LogP contribution in [0.4, 0.5) is 4.39 Å². The van der Waals surface area contributed by atoms with Crippen molar-refractivity contribution in [3.8, 4) is 11.5 Å². The van der Waals surface area contributed by atoms with E-state index in [4.69, 9.17) is 15.2 Å². The minimum Gasteiger partial charge on any atom is -0.497 e. The van der Waals surface area contributed by atoms with Gasteiger partial charge in [-0.15, -0.1) is 0 Å². The summed E-state index contributed by atoms with van der Waals surface area (Å²) < 4.78 is 24.9. The standard InChI is InChI=1S/C15H15BrFNO2/c1-19-13-2-3-15(14(16)7-13)20-9-11-4-10(8-18)5-12(17)6-11/h2-7H,8-9,18H2,1H3. The van der Waals surface area contributed by atoms with Gasteiger partial charge in [-0.2, -0.15) is 0 Å². The van der Waals surface area contributed by atoms with Gasteiger partial charge >= 0.3 is 0 Å². The minimum atomic E-state index is -0.305. The molecule has 0 aliphatic carbocycles. The molecular formula is C15H15BrFNO2. The lowest BCUT2D eigenvalue weighted by atomic mass is 10.1. The Morgan fingerprint density at radius 1 is 1.15 bits per heavy atom. The maximum Gasteiger partial charge on any atom is 0.134 e. The first-order valence-electron chi connectivity index (χ1n) is 6.07. The fraction of sp³-hybridized carbons (Fsp3) is 0.200. The highest BCUT2D eigenvalue weighted by molar-refractivity contribution is 9.10. The molecule has 20 heavy (non-hydrogen) atoms. The summed E-state index contributed by atoms with van der Waals surface area (Å²) in [5, 5.41) is 0. The van der Waals surface area contributed by atoms with Gasteiger partial charge in [0, 0.05) is 6.54 Å². The number of hydrogen-bond acceptors (Lipinski definition) is 3.